The molecule has 4 aliphatic rings. The largest absolute Gasteiger partial charge is 0.416 e. The fourth-order valence-electron chi connectivity index (χ4n) is 6.05. The lowest BCUT2D eigenvalue weighted by molar-refractivity contribution is -0.137. The number of alkyl halides is 3. The smallest absolute Gasteiger partial charge is 0.347 e. The van der Waals surface area contributed by atoms with Crippen molar-refractivity contribution in [1.82, 2.24) is 10.7 Å². The maximum absolute atomic E-state index is 12.7. The normalized spacial score (nSPS) is 30.1. The predicted octanol–water partition coefficient (Wildman–Crippen LogP) is 3.87. The minimum Gasteiger partial charge on any atom is -0.347 e. The van der Waals surface area contributed by atoms with Gasteiger partial charge in [0.2, 0.25) is 5.91 Å². The van der Waals surface area contributed by atoms with Crippen LogP contribution in [0.1, 0.15) is 50.5 Å². The van der Waals surface area contributed by atoms with Gasteiger partial charge in [0.25, 0.3) is 5.91 Å². The lowest BCUT2D eigenvalue weighted by Crippen LogP contribution is -2.48. The Labute approximate surface area is 167 Å². The zero-order valence-electron chi connectivity index (χ0n) is 16.1. The van der Waals surface area contributed by atoms with Gasteiger partial charge in [-0.3, -0.25) is 20.4 Å². The fraction of sp³-hybridized carbons (Fsp3) is 0.619. The van der Waals surface area contributed by atoms with Crippen molar-refractivity contribution >= 4 is 17.5 Å². The van der Waals surface area contributed by atoms with E-state index < -0.39 is 17.6 Å². The first kappa shape index (κ1) is 20.0. The van der Waals surface area contributed by atoms with Crippen molar-refractivity contribution in [2.45, 2.75) is 51.1 Å². The lowest BCUT2D eigenvalue weighted by atomic mass is 9.49. The summed E-state index contributed by atoms with van der Waals surface area (Å²) in [5.74, 6) is 1.64. The molecule has 0 aliphatic heterocycles. The molecule has 158 valence electrons. The number of halogens is 3. The minimum absolute atomic E-state index is 0.103. The highest BCUT2D eigenvalue weighted by Crippen LogP contribution is 2.61. The van der Waals surface area contributed by atoms with Gasteiger partial charge in [0.15, 0.2) is 0 Å². The van der Waals surface area contributed by atoms with Crippen LogP contribution in [-0.2, 0) is 15.8 Å². The molecule has 0 saturated heterocycles. The van der Waals surface area contributed by atoms with Crippen molar-refractivity contribution in [3.63, 3.8) is 0 Å². The number of anilines is 1. The van der Waals surface area contributed by atoms with Gasteiger partial charge >= 0.3 is 6.18 Å². The van der Waals surface area contributed by atoms with Gasteiger partial charge in [-0.15, -0.1) is 0 Å². The Morgan fingerprint density at radius 1 is 1.00 bits per heavy atom. The highest BCUT2D eigenvalue weighted by molar-refractivity contribution is 5.85. The van der Waals surface area contributed by atoms with Crippen LogP contribution in [0.4, 0.5) is 18.9 Å². The van der Waals surface area contributed by atoms with Crippen LogP contribution in [0.15, 0.2) is 24.3 Å². The highest BCUT2D eigenvalue weighted by atomic mass is 19.4. The van der Waals surface area contributed by atoms with E-state index >= 15 is 0 Å². The van der Waals surface area contributed by atoms with E-state index in [2.05, 4.69) is 16.2 Å². The number of carbonyl (C=O) groups is 2. The maximum atomic E-state index is 12.7. The molecule has 0 atom stereocenters. The van der Waals surface area contributed by atoms with Crippen LogP contribution in [0.3, 0.4) is 0 Å². The Morgan fingerprint density at radius 3 is 2.21 bits per heavy atom. The van der Waals surface area contributed by atoms with Crippen LogP contribution >= 0.6 is 0 Å². The monoisotopic (exact) mass is 409 g/mol. The lowest BCUT2D eigenvalue weighted by Gasteiger charge is -2.56. The van der Waals surface area contributed by atoms with Crippen molar-refractivity contribution in [2.75, 3.05) is 12.0 Å². The van der Waals surface area contributed by atoms with Crippen molar-refractivity contribution < 1.29 is 22.8 Å². The summed E-state index contributed by atoms with van der Waals surface area (Å²) in [5.41, 5.74) is 4.19. The zero-order valence-corrected chi connectivity index (χ0v) is 16.1. The third-order valence-corrected chi connectivity index (χ3v) is 6.68. The average molecular weight is 409 g/mol. The molecule has 3 N–H and O–H groups in total. The topological polar surface area (TPSA) is 70.2 Å². The fourth-order valence-corrected chi connectivity index (χ4v) is 6.05. The summed E-state index contributed by atoms with van der Waals surface area (Å²) in [6.45, 7) is -0.211. The van der Waals surface area contributed by atoms with Gasteiger partial charge in [-0.05, 0) is 79.9 Å². The standard InChI is InChI=1S/C21H26F3N3O2/c22-21(23,24)16-2-1-3-17(7-16)26-27-19(29)12-25-18(28)11-20-8-13-4-14(9-20)6-15(5-13)10-20/h1-3,7,13-15,26H,4-6,8-12H2,(H,25,28)(H,27,29). The van der Waals surface area contributed by atoms with Gasteiger partial charge in [-0.1, -0.05) is 6.07 Å². The molecule has 4 fully saturated rings. The molecule has 1 aromatic carbocycles. The Hall–Kier alpha value is -2.25. The molecule has 29 heavy (non-hydrogen) atoms. The molecule has 0 spiro atoms. The molecule has 1 aromatic rings. The summed E-state index contributed by atoms with van der Waals surface area (Å²) in [5, 5.41) is 2.66. The molecular weight excluding hydrogens is 383 g/mol. The van der Waals surface area contributed by atoms with E-state index in [1.807, 2.05) is 0 Å². The van der Waals surface area contributed by atoms with Gasteiger partial charge in [-0.25, -0.2) is 0 Å². The van der Waals surface area contributed by atoms with E-state index in [1.165, 1.54) is 31.4 Å². The highest BCUT2D eigenvalue weighted by Gasteiger charge is 2.51. The molecule has 0 radical (unpaired) electrons. The van der Waals surface area contributed by atoms with Gasteiger partial charge in [0.05, 0.1) is 17.8 Å². The van der Waals surface area contributed by atoms with E-state index in [0.717, 1.165) is 49.1 Å². The van der Waals surface area contributed by atoms with Gasteiger partial charge in [-0.2, -0.15) is 13.2 Å². The van der Waals surface area contributed by atoms with Gasteiger partial charge in [0, 0.05) is 6.42 Å². The van der Waals surface area contributed by atoms with Crippen molar-refractivity contribution in [2.24, 2.45) is 23.2 Å². The second kappa shape index (κ2) is 7.54. The first-order chi connectivity index (χ1) is 13.7. The quantitative estimate of drug-likeness (QED) is 0.625. The Kier molecular flexibility index (Phi) is 5.21. The van der Waals surface area contributed by atoms with Crippen LogP contribution in [-0.4, -0.2) is 18.4 Å². The summed E-state index contributed by atoms with van der Waals surface area (Å²) in [6, 6.07) is 4.54. The Bertz CT molecular complexity index is 758. The van der Waals surface area contributed by atoms with Crippen LogP contribution in [0.2, 0.25) is 0 Å². The second-order valence-electron chi connectivity index (χ2n) is 9.12. The number of hydrogen-bond donors (Lipinski definition) is 3. The molecule has 5 nitrogen and oxygen atoms in total. The summed E-state index contributed by atoms with van der Waals surface area (Å²) < 4.78 is 38.2. The van der Waals surface area contributed by atoms with E-state index in [1.54, 1.807) is 0 Å². The molecule has 5 rings (SSSR count). The minimum atomic E-state index is -4.45. The molecule has 4 aliphatic carbocycles. The van der Waals surface area contributed by atoms with E-state index in [9.17, 15) is 22.8 Å². The Morgan fingerprint density at radius 2 is 1.62 bits per heavy atom. The molecule has 8 heteroatoms. The first-order valence-electron chi connectivity index (χ1n) is 10.2. The summed E-state index contributed by atoms with van der Waals surface area (Å²) in [7, 11) is 0. The SMILES string of the molecule is O=C(CC12CC3CC(CC(C3)C1)C2)NCC(=O)NNc1cccc(C(F)(F)F)c1. The van der Waals surface area contributed by atoms with E-state index in [4.69, 9.17) is 0 Å². The van der Waals surface area contributed by atoms with Crippen molar-refractivity contribution in [3.8, 4) is 0 Å². The van der Waals surface area contributed by atoms with Crippen LogP contribution in [0.25, 0.3) is 0 Å². The van der Waals surface area contributed by atoms with E-state index in [-0.39, 0.29) is 23.6 Å². The summed E-state index contributed by atoms with van der Waals surface area (Å²) >= 11 is 0. The second-order valence-corrected chi connectivity index (χ2v) is 9.12. The number of carbonyl (C=O) groups excluding carboxylic acids is 2. The third-order valence-electron chi connectivity index (χ3n) is 6.68. The van der Waals surface area contributed by atoms with Crippen molar-refractivity contribution in [1.29, 1.82) is 0 Å². The number of rotatable bonds is 6. The van der Waals surface area contributed by atoms with Gasteiger partial charge < -0.3 is 5.32 Å². The summed E-state index contributed by atoms with van der Waals surface area (Å²) in [4.78, 5) is 24.4. The Balaban J connectivity index is 1.22. The predicted molar refractivity (Wildman–Crippen MR) is 101 cm³/mol. The number of benzene rings is 1. The van der Waals surface area contributed by atoms with Crippen LogP contribution in [0, 0.1) is 23.2 Å². The number of nitrogens with one attached hydrogen (secondary N) is 3. The number of hydrogen-bond acceptors (Lipinski definition) is 3. The molecule has 4 bridgehead atoms. The molecule has 0 aromatic heterocycles. The maximum Gasteiger partial charge on any atom is 0.416 e. The van der Waals surface area contributed by atoms with Gasteiger partial charge in [0.1, 0.15) is 0 Å². The van der Waals surface area contributed by atoms with Crippen LogP contribution in [0.5, 0.6) is 0 Å². The number of amides is 2. The number of hydrazine groups is 1. The zero-order chi connectivity index (χ0) is 20.6. The summed E-state index contributed by atoms with van der Waals surface area (Å²) in [6.07, 6.45) is 3.30. The third kappa shape index (κ3) is 4.67. The molecule has 4 saturated carbocycles. The molecule has 0 heterocycles. The average Bonchev–Trinajstić information content (AvgIpc) is 2.63. The van der Waals surface area contributed by atoms with E-state index in [0.29, 0.717) is 6.42 Å². The van der Waals surface area contributed by atoms with Crippen LogP contribution < -0.4 is 16.2 Å². The van der Waals surface area contributed by atoms with Crippen molar-refractivity contribution in [3.05, 3.63) is 29.8 Å². The molecule has 0 unspecified atom stereocenters. The first-order valence-corrected chi connectivity index (χ1v) is 10.2. The molecular formula is C21H26F3N3O2. The molecule has 2 amide bonds.